The molecular formula is C24H26N6O3S. The summed E-state index contributed by atoms with van der Waals surface area (Å²) >= 11 is 0. The topological polar surface area (TPSA) is 124 Å². The first-order valence-electron chi connectivity index (χ1n) is 11.4. The van der Waals surface area contributed by atoms with Gasteiger partial charge in [-0.25, -0.2) is 10.1 Å². The Bertz CT molecular complexity index is 1520. The number of fused-ring (bicyclic) bond motifs is 2. The first-order chi connectivity index (χ1) is 16.2. The fourth-order valence-corrected chi connectivity index (χ4v) is 5.95. The van der Waals surface area contributed by atoms with E-state index in [2.05, 4.69) is 34.3 Å². The number of nitrogens with one attached hydrogen (secondary N) is 1. The van der Waals surface area contributed by atoms with Crippen LogP contribution >= 0.6 is 0 Å². The van der Waals surface area contributed by atoms with Crippen LogP contribution in [0.1, 0.15) is 32.6 Å². The highest BCUT2D eigenvalue weighted by Crippen LogP contribution is 2.64. The molecule has 34 heavy (non-hydrogen) atoms. The van der Waals surface area contributed by atoms with Crippen molar-refractivity contribution in [1.82, 2.24) is 19.6 Å². The van der Waals surface area contributed by atoms with Gasteiger partial charge in [-0.1, -0.05) is 25.1 Å². The van der Waals surface area contributed by atoms with Gasteiger partial charge in [0, 0.05) is 35.5 Å². The molecule has 6 rings (SSSR count). The van der Waals surface area contributed by atoms with Crippen molar-refractivity contribution in [1.29, 1.82) is 0 Å². The molecule has 0 aliphatic heterocycles. The lowest BCUT2D eigenvalue weighted by atomic mass is 9.88. The standard InChI is InChI=1S/C24H26N6O3S/c1-23(15-33-34(25,31)32)7-8-24(14-23)13-20(24)28-21-6-10-27-22-12-19(29-30(21)22)17-5-4-16-3-2-9-26-18(16)11-17/h2-6,9-12,20,28H,7-8,13-15H2,1H3,(H2,25,31,32). The molecule has 0 radical (unpaired) electrons. The van der Waals surface area contributed by atoms with Gasteiger partial charge in [0.25, 0.3) is 0 Å². The van der Waals surface area contributed by atoms with Gasteiger partial charge in [0.2, 0.25) is 0 Å². The summed E-state index contributed by atoms with van der Waals surface area (Å²) in [4.78, 5) is 8.95. The Morgan fingerprint density at radius 2 is 2.06 bits per heavy atom. The van der Waals surface area contributed by atoms with E-state index < -0.39 is 10.3 Å². The first-order valence-corrected chi connectivity index (χ1v) is 12.8. The minimum absolute atomic E-state index is 0.128. The fourth-order valence-electron chi connectivity index (χ4n) is 5.50. The van der Waals surface area contributed by atoms with E-state index in [1.807, 2.05) is 34.8 Å². The zero-order chi connectivity index (χ0) is 23.6. The number of anilines is 1. The fraction of sp³-hybridized carbons (Fsp3) is 0.375. The number of hydrogen-bond acceptors (Lipinski definition) is 7. The minimum atomic E-state index is -3.92. The third-order valence-electron chi connectivity index (χ3n) is 7.35. The number of nitrogens with two attached hydrogens (primary N) is 1. The highest BCUT2D eigenvalue weighted by molar-refractivity contribution is 7.84. The Balaban J connectivity index is 1.22. The average Bonchev–Trinajstić information content (AvgIpc) is 3.13. The lowest BCUT2D eigenvalue weighted by molar-refractivity contribution is 0.166. The van der Waals surface area contributed by atoms with Crippen molar-refractivity contribution in [3.63, 3.8) is 0 Å². The maximum Gasteiger partial charge on any atom is 0.333 e. The second-order valence-electron chi connectivity index (χ2n) is 10.0. The first kappa shape index (κ1) is 21.5. The Hall–Kier alpha value is -3.08. The minimum Gasteiger partial charge on any atom is -0.367 e. The van der Waals surface area contributed by atoms with Crippen LogP contribution in [-0.4, -0.2) is 40.6 Å². The normalized spacial score (nSPS) is 26.5. The van der Waals surface area contributed by atoms with Gasteiger partial charge in [0.05, 0.1) is 17.8 Å². The van der Waals surface area contributed by atoms with E-state index in [0.29, 0.717) is 6.04 Å². The smallest absolute Gasteiger partial charge is 0.333 e. The number of benzene rings is 1. The molecule has 3 unspecified atom stereocenters. The third-order valence-corrected chi connectivity index (χ3v) is 7.79. The summed E-state index contributed by atoms with van der Waals surface area (Å²) in [6.45, 7) is 2.20. The Morgan fingerprint density at radius 1 is 1.18 bits per heavy atom. The molecule has 3 atom stereocenters. The van der Waals surface area contributed by atoms with E-state index in [1.54, 1.807) is 12.4 Å². The molecule has 0 saturated heterocycles. The number of pyridine rings is 1. The van der Waals surface area contributed by atoms with Crippen molar-refractivity contribution in [2.24, 2.45) is 16.0 Å². The van der Waals surface area contributed by atoms with Gasteiger partial charge in [-0.2, -0.15) is 18.0 Å². The molecule has 9 nitrogen and oxygen atoms in total. The summed E-state index contributed by atoms with van der Waals surface area (Å²) < 4.78 is 29.2. The summed E-state index contributed by atoms with van der Waals surface area (Å²) in [5, 5.41) is 14.6. The lowest BCUT2D eigenvalue weighted by Crippen LogP contribution is -2.26. The summed E-state index contributed by atoms with van der Waals surface area (Å²) in [5.41, 5.74) is 3.49. The lowest BCUT2D eigenvalue weighted by Gasteiger charge is -2.23. The van der Waals surface area contributed by atoms with Crippen molar-refractivity contribution in [2.45, 2.75) is 38.6 Å². The molecule has 3 N–H and O–H groups in total. The maximum atomic E-state index is 11.2. The molecule has 1 aromatic carbocycles. The van der Waals surface area contributed by atoms with Crippen molar-refractivity contribution >= 4 is 32.7 Å². The van der Waals surface area contributed by atoms with Crippen LogP contribution in [0.15, 0.2) is 54.9 Å². The molecule has 2 fully saturated rings. The Morgan fingerprint density at radius 3 is 2.91 bits per heavy atom. The van der Waals surface area contributed by atoms with Gasteiger partial charge >= 0.3 is 10.3 Å². The van der Waals surface area contributed by atoms with Crippen LogP contribution in [-0.2, 0) is 14.5 Å². The van der Waals surface area contributed by atoms with Gasteiger partial charge in [-0.3, -0.25) is 9.17 Å². The van der Waals surface area contributed by atoms with Gasteiger partial charge < -0.3 is 5.32 Å². The largest absolute Gasteiger partial charge is 0.367 e. The van der Waals surface area contributed by atoms with Crippen LogP contribution in [0.5, 0.6) is 0 Å². The van der Waals surface area contributed by atoms with Crippen LogP contribution in [0.3, 0.4) is 0 Å². The van der Waals surface area contributed by atoms with Crippen molar-refractivity contribution in [2.75, 3.05) is 11.9 Å². The number of aromatic nitrogens is 4. The second kappa shape index (κ2) is 7.46. The zero-order valence-electron chi connectivity index (χ0n) is 18.8. The number of rotatable bonds is 6. The summed E-state index contributed by atoms with van der Waals surface area (Å²) in [7, 11) is -3.92. The van der Waals surface area contributed by atoms with E-state index in [-0.39, 0.29) is 17.4 Å². The van der Waals surface area contributed by atoms with Gasteiger partial charge in [0.15, 0.2) is 5.65 Å². The molecule has 0 bridgehead atoms. The van der Waals surface area contributed by atoms with E-state index >= 15 is 0 Å². The van der Waals surface area contributed by atoms with Crippen molar-refractivity contribution in [3.05, 3.63) is 54.9 Å². The second-order valence-corrected chi connectivity index (χ2v) is 11.3. The van der Waals surface area contributed by atoms with E-state index in [0.717, 1.165) is 59.3 Å². The van der Waals surface area contributed by atoms with E-state index in [4.69, 9.17) is 14.4 Å². The molecule has 10 heteroatoms. The molecule has 4 aromatic rings. The Labute approximate surface area is 197 Å². The Kier molecular flexibility index (Phi) is 4.71. The van der Waals surface area contributed by atoms with Crippen LogP contribution in [0.2, 0.25) is 0 Å². The molecule has 2 aliphatic rings. The molecule has 2 saturated carbocycles. The molecule has 176 valence electrons. The maximum absolute atomic E-state index is 11.2. The average molecular weight is 479 g/mol. The zero-order valence-corrected chi connectivity index (χ0v) is 19.6. The summed E-state index contributed by atoms with van der Waals surface area (Å²) in [6, 6.07) is 14.3. The molecule has 0 amide bonds. The summed E-state index contributed by atoms with van der Waals surface area (Å²) in [6.07, 6.45) is 7.45. The van der Waals surface area contributed by atoms with Gasteiger partial charge in [-0.05, 0) is 54.7 Å². The third kappa shape index (κ3) is 3.91. The number of hydrogen-bond donors (Lipinski definition) is 2. The van der Waals surface area contributed by atoms with Crippen molar-refractivity contribution in [3.8, 4) is 11.3 Å². The highest BCUT2D eigenvalue weighted by atomic mass is 32.2. The molecular weight excluding hydrogens is 452 g/mol. The van der Waals surface area contributed by atoms with Crippen LogP contribution in [0.4, 0.5) is 5.82 Å². The quantitative estimate of drug-likeness (QED) is 0.434. The van der Waals surface area contributed by atoms with Crippen LogP contribution in [0, 0.1) is 10.8 Å². The molecule has 2 aliphatic carbocycles. The van der Waals surface area contributed by atoms with Gasteiger partial charge in [0.1, 0.15) is 5.82 Å². The van der Waals surface area contributed by atoms with Crippen LogP contribution in [0.25, 0.3) is 27.8 Å². The highest BCUT2D eigenvalue weighted by Gasteiger charge is 2.60. The van der Waals surface area contributed by atoms with E-state index in [1.165, 1.54) is 0 Å². The SMILES string of the molecule is CC1(COS(N)(=O)=O)CCC2(CC2Nc2ccnc3cc(-c4ccc5cccnc5c4)nn23)C1. The van der Waals surface area contributed by atoms with Gasteiger partial charge in [-0.15, -0.1) is 0 Å². The molecule has 3 aromatic heterocycles. The summed E-state index contributed by atoms with van der Waals surface area (Å²) in [5.74, 6) is 0.895. The molecule has 1 spiro atoms. The predicted molar refractivity (Wildman–Crippen MR) is 129 cm³/mol. The van der Waals surface area contributed by atoms with Crippen LogP contribution < -0.4 is 10.5 Å². The molecule has 3 heterocycles. The van der Waals surface area contributed by atoms with Crippen molar-refractivity contribution < 1.29 is 12.6 Å². The monoisotopic (exact) mass is 478 g/mol. The number of nitrogens with zero attached hydrogens (tertiary/aromatic N) is 4. The predicted octanol–water partition coefficient (Wildman–Crippen LogP) is 3.53. The van der Waals surface area contributed by atoms with E-state index in [9.17, 15) is 8.42 Å².